The zero-order valence-corrected chi connectivity index (χ0v) is 26.0. The Morgan fingerprint density at radius 3 is 1.00 bits per heavy atom. The van der Waals surface area contributed by atoms with Crippen molar-refractivity contribution in [1.29, 1.82) is 0 Å². The number of unbranched alkanes of at least 4 members (excludes halogenated alkanes) is 22. The number of carbonyl (C=O) groups is 1. The summed E-state index contributed by atoms with van der Waals surface area (Å²) in [7, 11) is 0. The molecule has 1 atom stereocenters. The molecule has 0 bridgehead atoms. The number of hydrogen-bond donors (Lipinski definition) is 1. The molecule has 224 valence electrons. The summed E-state index contributed by atoms with van der Waals surface area (Å²) in [6, 6.07) is 0. The first-order valence-corrected chi connectivity index (χ1v) is 17.2. The van der Waals surface area contributed by atoms with Gasteiger partial charge in [0, 0.05) is 0 Å². The molecule has 1 N–H and O–H groups in total. The van der Waals surface area contributed by atoms with Crippen LogP contribution in [-0.2, 0) is 4.79 Å². The summed E-state index contributed by atoms with van der Waals surface area (Å²) >= 11 is 0. The van der Waals surface area contributed by atoms with Crippen molar-refractivity contribution in [1.82, 2.24) is 0 Å². The third-order valence-electron chi connectivity index (χ3n) is 7.98. The van der Waals surface area contributed by atoms with Crippen LogP contribution in [0.3, 0.4) is 0 Å². The largest absolute Gasteiger partial charge is 0.481 e. The Kier molecular flexibility index (Phi) is 31.3. The highest BCUT2D eigenvalue weighted by atomic mass is 16.4. The molecule has 0 rings (SSSR count). The van der Waals surface area contributed by atoms with Crippen LogP contribution in [0.4, 0.5) is 0 Å². The average molecular weight is 533 g/mol. The van der Waals surface area contributed by atoms with Gasteiger partial charge in [-0.15, -0.1) is 0 Å². The highest BCUT2D eigenvalue weighted by molar-refractivity contribution is 5.69. The standard InChI is InChI=1S/C36H68O2/c1-3-5-7-9-11-13-15-17-19-20-22-24-26-28-30-32-34-35(36(37)38)33-31-29-27-25-23-21-18-16-14-12-10-8-6-4-2/h17-19,21,35H,3-16,20,22-34H2,1-2H3,(H,37,38)/b19-17-,21-18-. The van der Waals surface area contributed by atoms with Crippen molar-refractivity contribution in [2.45, 2.75) is 194 Å². The van der Waals surface area contributed by atoms with Gasteiger partial charge in [-0.1, -0.05) is 154 Å². The minimum absolute atomic E-state index is 0.121. The first-order chi connectivity index (χ1) is 18.7. The Hall–Kier alpha value is -1.05. The maximum atomic E-state index is 11.6. The fourth-order valence-electron chi connectivity index (χ4n) is 5.31. The molecule has 0 aliphatic carbocycles. The van der Waals surface area contributed by atoms with E-state index in [1.165, 1.54) is 154 Å². The summed E-state index contributed by atoms with van der Waals surface area (Å²) in [5.41, 5.74) is 0. The molecule has 0 aliphatic rings. The van der Waals surface area contributed by atoms with Crippen LogP contribution < -0.4 is 0 Å². The van der Waals surface area contributed by atoms with Crippen LogP contribution in [0, 0.1) is 5.92 Å². The SMILES string of the molecule is CCCCCCCC/C=C\CCCCCCCCC(CCCCCC/C=C\CCCCCCCC)C(=O)O. The van der Waals surface area contributed by atoms with Gasteiger partial charge in [-0.2, -0.15) is 0 Å². The Morgan fingerprint density at radius 2 is 0.711 bits per heavy atom. The summed E-state index contributed by atoms with van der Waals surface area (Å²) in [6.45, 7) is 4.55. The van der Waals surface area contributed by atoms with E-state index >= 15 is 0 Å². The molecule has 0 saturated heterocycles. The lowest BCUT2D eigenvalue weighted by atomic mass is 9.94. The molecule has 0 amide bonds. The summed E-state index contributed by atoms with van der Waals surface area (Å²) in [6.07, 6.45) is 44.9. The monoisotopic (exact) mass is 533 g/mol. The molecule has 0 fully saturated rings. The van der Waals surface area contributed by atoms with Crippen molar-refractivity contribution in [3.05, 3.63) is 24.3 Å². The van der Waals surface area contributed by atoms with Crippen molar-refractivity contribution in [2.24, 2.45) is 5.92 Å². The minimum atomic E-state index is -0.574. The molecule has 0 spiro atoms. The summed E-state index contributed by atoms with van der Waals surface area (Å²) in [5.74, 6) is -0.695. The molecule has 0 aromatic carbocycles. The number of rotatable bonds is 31. The highest BCUT2D eigenvalue weighted by Crippen LogP contribution is 2.20. The van der Waals surface area contributed by atoms with Gasteiger partial charge < -0.3 is 5.11 Å². The van der Waals surface area contributed by atoms with Gasteiger partial charge in [-0.05, 0) is 64.2 Å². The average Bonchev–Trinajstić information content (AvgIpc) is 2.91. The number of hydrogen-bond acceptors (Lipinski definition) is 1. The lowest BCUT2D eigenvalue weighted by Gasteiger charge is -2.12. The molecule has 1 unspecified atom stereocenters. The second kappa shape index (κ2) is 32.2. The molecule has 0 aromatic rings. The third-order valence-corrected chi connectivity index (χ3v) is 7.98. The van der Waals surface area contributed by atoms with Crippen LogP contribution in [0.25, 0.3) is 0 Å². The predicted octanol–water partition coefficient (Wildman–Crippen LogP) is 12.8. The molecular weight excluding hydrogens is 464 g/mol. The quantitative estimate of drug-likeness (QED) is 0.0712. The minimum Gasteiger partial charge on any atom is -0.481 e. The normalized spacial score (nSPS) is 12.7. The third kappa shape index (κ3) is 29.5. The fraction of sp³-hybridized carbons (Fsp3) is 0.861. The van der Waals surface area contributed by atoms with E-state index in [2.05, 4.69) is 38.2 Å². The zero-order chi connectivity index (χ0) is 27.8. The maximum absolute atomic E-state index is 11.6. The van der Waals surface area contributed by atoms with E-state index in [0.717, 1.165) is 25.7 Å². The number of allylic oxidation sites excluding steroid dienone is 4. The highest BCUT2D eigenvalue weighted by Gasteiger charge is 2.16. The van der Waals surface area contributed by atoms with Crippen molar-refractivity contribution >= 4 is 5.97 Å². The molecule has 0 aliphatic heterocycles. The zero-order valence-electron chi connectivity index (χ0n) is 26.0. The topological polar surface area (TPSA) is 37.3 Å². The Balaban J connectivity index is 3.49. The van der Waals surface area contributed by atoms with E-state index < -0.39 is 5.97 Å². The Bertz CT molecular complexity index is 521. The van der Waals surface area contributed by atoms with E-state index in [0.29, 0.717) is 0 Å². The van der Waals surface area contributed by atoms with Gasteiger partial charge in [0.2, 0.25) is 0 Å². The summed E-state index contributed by atoms with van der Waals surface area (Å²) in [4.78, 5) is 11.6. The van der Waals surface area contributed by atoms with Gasteiger partial charge in [0.1, 0.15) is 0 Å². The van der Waals surface area contributed by atoms with Gasteiger partial charge in [-0.25, -0.2) is 0 Å². The van der Waals surface area contributed by atoms with Crippen molar-refractivity contribution < 1.29 is 9.90 Å². The molecular formula is C36H68O2. The Labute approximate surface area is 239 Å². The summed E-state index contributed by atoms with van der Waals surface area (Å²) < 4.78 is 0. The van der Waals surface area contributed by atoms with E-state index in [9.17, 15) is 9.90 Å². The van der Waals surface area contributed by atoms with Gasteiger partial charge >= 0.3 is 5.97 Å². The number of carboxylic acid groups (broad SMARTS) is 1. The predicted molar refractivity (Wildman–Crippen MR) is 170 cm³/mol. The van der Waals surface area contributed by atoms with E-state index in [1.807, 2.05) is 0 Å². The van der Waals surface area contributed by atoms with E-state index in [4.69, 9.17) is 0 Å². The first kappa shape index (κ1) is 37.0. The Morgan fingerprint density at radius 1 is 0.447 bits per heavy atom. The molecule has 2 nitrogen and oxygen atoms in total. The van der Waals surface area contributed by atoms with Crippen molar-refractivity contribution in [2.75, 3.05) is 0 Å². The smallest absolute Gasteiger partial charge is 0.306 e. The van der Waals surface area contributed by atoms with Crippen LogP contribution in [0.5, 0.6) is 0 Å². The van der Waals surface area contributed by atoms with Gasteiger partial charge in [0.05, 0.1) is 5.92 Å². The van der Waals surface area contributed by atoms with E-state index in [1.54, 1.807) is 0 Å². The first-order valence-electron chi connectivity index (χ1n) is 17.2. The number of carboxylic acids is 1. The molecule has 0 heterocycles. The van der Waals surface area contributed by atoms with Gasteiger partial charge in [0.25, 0.3) is 0 Å². The lowest BCUT2D eigenvalue weighted by molar-refractivity contribution is -0.142. The van der Waals surface area contributed by atoms with Crippen LogP contribution in [0.1, 0.15) is 194 Å². The molecule has 0 saturated carbocycles. The lowest BCUT2D eigenvalue weighted by Crippen LogP contribution is -2.13. The van der Waals surface area contributed by atoms with Crippen LogP contribution in [0.2, 0.25) is 0 Å². The van der Waals surface area contributed by atoms with Gasteiger partial charge in [0.15, 0.2) is 0 Å². The van der Waals surface area contributed by atoms with E-state index in [-0.39, 0.29) is 5.92 Å². The van der Waals surface area contributed by atoms with Crippen molar-refractivity contribution in [3.63, 3.8) is 0 Å². The molecule has 0 aromatic heterocycles. The fourth-order valence-corrected chi connectivity index (χ4v) is 5.31. The van der Waals surface area contributed by atoms with Crippen LogP contribution in [0.15, 0.2) is 24.3 Å². The second-order valence-corrected chi connectivity index (χ2v) is 11.8. The molecule has 38 heavy (non-hydrogen) atoms. The van der Waals surface area contributed by atoms with Crippen molar-refractivity contribution in [3.8, 4) is 0 Å². The second-order valence-electron chi connectivity index (χ2n) is 11.8. The maximum Gasteiger partial charge on any atom is 0.306 e. The van der Waals surface area contributed by atoms with Crippen LogP contribution >= 0.6 is 0 Å². The molecule has 0 radical (unpaired) electrons. The summed E-state index contributed by atoms with van der Waals surface area (Å²) in [5, 5.41) is 9.59. The number of aliphatic carboxylic acids is 1. The van der Waals surface area contributed by atoms with Crippen LogP contribution in [-0.4, -0.2) is 11.1 Å². The molecule has 2 heteroatoms. The van der Waals surface area contributed by atoms with Gasteiger partial charge in [-0.3, -0.25) is 4.79 Å².